The van der Waals surface area contributed by atoms with Crippen LogP contribution in [0.4, 0.5) is 0 Å². The molecule has 1 aromatic heterocycles. The number of thioether (sulfide) groups is 1. The lowest BCUT2D eigenvalue weighted by Crippen LogP contribution is -2.41. The van der Waals surface area contributed by atoms with Crippen LogP contribution >= 0.6 is 23.1 Å². The van der Waals surface area contributed by atoms with Gasteiger partial charge in [-0.1, -0.05) is 0 Å². The number of nitrogens with one attached hydrogen (secondary N) is 1. The van der Waals surface area contributed by atoms with Gasteiger partial charge in [-0.2, -0.15) is 11.3 Å². The molecule has 1 aliphatic rings. The average molecular weight is 328 g/mol. The summed E-state index contributed by atoms with van der Waals surface area (Å²) >= 11 is 3.06. The van der Waals surface area contributed by atoms with E-state index in [0.717, 1.165) is 5.56 Å². The number of carbonyl (C=O) groups excluding carboxylic acids is 3. The molecule has 1 atom stereocenters. The molecule has 1 fully saturated rings. The third kappa shape index (κ3) is 4.21. The van der Waals surface area contributed by atoms with Gasteiger partial charge in [-0.25, -0.2) is 0 Å². The monoisotopic (exact) mass is 328 g/mol. The predicted octanol–water partition coefficient (Wildman–Crippen LogP) is 1.00. The van der Waals surface area contributed by atoms with E-state index in [1.807, 2.05) is 16.8 Å². The molecule has 0 aliphatic carbocycles. The van der Waals surface area contributed by atoms with Crippen molar-refractivity contribution in [1.82, 2.24) is 10.2 Å². The van der Waals surface area contributed by atoms with E-state index in [0.29, 0.717) is 5.75 Å². The van der Waals surface area contributed by atoms with E-state index < -0.39 is 5.97 Å². The van der Waals surface area contributed by atoms with Crippen molar-refractivity contribution in [2.45, 2.75) is 12.3 Å². The van der Waals surface area contributed by atoms with Crippen molar-refractivity contribution in [3.05, 3.63) is 22.4 Å². The topological polar surface area (TPSA) is 75.7 Å². The summed E-state index contributed by atoms with van der Waals surface area (Å²) in [5.74, 6) is -0.546. The first kappa shape index (κ1) is 15.8. The Bertz CT molecular complexity index is 518. The Kier molecular flexibility index (Phi) is 5.63. The van der Waals surface area contributed by atoms with E-state index in [1.54, 1.807) is 18.3 Å². The maximum atomic E-state index is 11.9. The summed E-state index contributed by atoms with van der Waals surface area (Å²) in [6.45, 7) is 1.75. The van der Waals surface area contributed by atoms with Gasteiger partial charge in [0.1, 0.15) is 18.5 Å². The highest BCUT2D eigenvalue weighted by molar-refractivity contribution is 8.00. The van der Waals surface area contributed by atoms with Gasteiger partial charge in [-0.05, 0) is 29.3 Å². The molecule has 0 aromatic carbocycles. The number of esters is 1. The second-order valence-electron chi connectivity index (χ2n) is 4.32. The maximum absolute atomic E-state index is 11.9. The van der Waals surface area contributed by atoms with Crippen molar-refractivity contribution in [3.63, 3.8) is 0 Å². The molecule has 1 aliphatic heterocycles. The molecule has 1 N–H and O–H groups in total. The molecular weight excluding hydrogens is 312 g/mol. The molecule has 2 amide bonds. The molecule has 8 heteroatoms. The van der Waals surface area contributed by atoms with Crippen molar-refractivity contribution >= 4 is 40.9 Å². The third-order valence-corrected chi connectivity index (χ3v) is 4.80. The molecule has 2 rings (SSSR count). The number of nitrogens with zero attached hydrogens (tertiary/aromatic N) is 1. The zero-order valence-electron chi connectivity index (χ0n) is 11.5. The molecule has 6 nitrogen and oxygen atoms in total. The fraction of sp³-hybridized carbons (Fsp3) is 0.462. The van der Waals surface area contributed by atoms with Crippen LogP contribution in [0.2, 0.25) is 0 Å². The third-order valence-electron chi connectivity index (χ3n) is 2.85. The van der Waals surface area contributed by atoms with Crippen LogP contribution in [0.15, 0.2) is 16.8 Å². The molecule has 114 valence electrons. The van der Waals surface area contributed by atoms with Crippen molar-refractivity contribution in [3.8, 4) is 0 Å². The Hall–Kier alpha value is -1.54. The van der Waals surface area contributed by atoms with Crippen molar-refractivity contribution in [1.29, 1.82) is 0 Å². The standard InChI is InChI=1S/C13H16N2O4S2/c1-2-19-12(18)5-14-10(16)6-15-11(17)8-21-13(15)9-3-4-20-7-9/h3-4,7,13H,2,5-6,8H2,1H3,(H,14,16). The summed E-state index contributed by atoms with van der Waals surface area (Å²) in [6, 6.07) is 1.95. The first-order valence-corrected chi connectivity index (χ1v) is 8.46. The Morgan fingerprint density at radius 3 is 3.00 bits per heavy atom. The fourth-order valence-electron chi connectivity index (χ4n) is 1.91. The van der Waals surface area contributed by atoms with Gasteiger partial charge in [-0.3, -0.25) is 14.4 Å². The Balaban J connectivity index is 1.89. The Morgan fingerprint density at radius 1 is 1.52 bits per heavy atom. The smallest absolute Gasteiger partial charge is 0.325 e. The lowest BCUT2D eigenvalue weighted by Gasteiger charge is -2.22. The van der Waals surface area contributed by atoms with Gasteiger partial charge in [0.15, 0.2) is 0 Å². The van der Waals surface area contributed by atoms with Crippen molar-refractivity contribution in [2.24, 2.45) is 0 Å². The van der Waals surface area contributed by atoms with Gasteiger partial charge in [0.05, 0.1) is 12.4 Å². The Morgan fingerprint density at radius 2 is 2.33 bits per heavy atom. The van der Waals surface area contributed by atoms with Gasteiger partial charge in [-0.15, -0.1) is 11.8 Å². The summed E-state index contributed by atoms with van der Waals surface area (Å²) in [4.78, 5) is 36.5. The number of hydrogen-bond acceptors (Lipinski definition) is 6. The minimum absolute atomic E-state index is 0.0498. The summed E-state index contributed by atoms with van der Waals surface area (Å²) < 4.78 is 4.73. The van der Waals surface area contributed by atoms with Crippen molar-refractivity contribution < 1.29 is 19.1 Å². The molecule has 0 bridgehead atoms. The molecule has 1 unspecified atom stereocenters. The van der Waals surface area contributed by atoms with Gasteiger partial charge < -0.3 is 15.0 Å². The molecule has 1 saturated heterocycles. The minimum atomic E-state index is -0.484. The zero-order chi connectivity index (χ0) is 15.2. The lowest BCUT2D eigenvalue weighted by atomic mass is 10.3. The SMILES string of the molecule is CCOC(=O)CNC(=O)CN1C(=O)CSC1c1ccsc1. The molecule has 0 saturated carbocycles. The zero-order valence-corrected chi connectivity index (χ0v) is 13.2. The predicted molar refractivity (Wildman–Crippen MR) is 80.9 cm³/mol. The molecule has 0 spiro atoms. The summed E-state index contributed by atoms with van der Waals surface area (Å²) in [5.41, 5.74) is 1.02. The van der Waals surface area contributed by atoms with Gasteiger partial charge >= 0.3 is 5.97 Å². The second kappa shape index (κ2) is 7.46. The van der Waals surface area contributed by atoms with E-state index in [2.05, 4.69) is 5.32 Å². The van der Waals surface area contributed by atoms with E-state index in [1.165, 1.54) is 16.7 Å². The van der Waals surface area contributed by atoms with Gasteiger partial charge in [0, 0.05) is 0 Å². The van der Waals surface area contributed by atoms with Crippen LogP contribution in [0.3, 0.4) is 0 Å². The van der Waals surface area contributed by atoms with Gasteiger partial charge in [0.25, 0.3) is 0 Å². The normalized spacial score (nSPS) is 17.9. The number of amides is 2. The highest BCUT2D eigenvalue weighted by Gasteiger charge is 2.34. The maximum Gasteiger partial charge on any atom is 0.325 e. The highest BCUT2D eigenvalue weighted by Crippen LogP contribution is 2.38. The molecule has 2 heterocycles. The van der Waals surface area contributed by atoms with Gasteiger partial charge in [0.2, 0.25) is 11.8 Å². The first-order valence-electron chi connectivity index (χ1n) is 6.47. The van der Waals surface area contributed by atoms with Crippen LogP contribution < -0.4 is 5.32 Å². The minimum Gasteiger partial charge on any atom is -0.465 e. The van der Waals surface area contributed by atoms with E-state index in [4.69, 9.17) is 4.74 Å². The molecule has 21 heavy (non-hydrogen) atoms. The number of rotatable bonds is 6. The van der Waals surface area contributed by atoms with Crippen LogP contribution in [-0.4, -0.2) is 48.1 Å². The summed E-state index contributed by atoms with van der Waals surface area (Å²) in [6.07, 6.45) is 0. The second-order valence-corrected chi connectivity index (χ2v) is 6.17. The molecule has 0 radical (unpaired) electrons. The molecule has 1 aromatic rings. The van der Waals surface area contributed by atoms with Crippen LogP contribution in [0.25, 0.3) is 0 Å². The number of hydrogen-bond donors (Lipinski definition) is 1. The number of ether oxygens (including phenoxy) is 1. The Labute approximate surface area is 130 Å². The van der Waals surface area contributed by atoms with Crippen LogP contribution in [0.5, 0.6) is 0 Å². The lowest BCUT2D eigenvalue weighted by molar-refractivity contribution is -0.143. The summed E-state index contributed by atoms with van der Waals surface area (Å²) in [7, 11) is 0. The molecular formula is C13H16N2O4S2. The van der Waals surface area contributed by atoms with E-state index in [-0.39, 0.29) is 36.9 Å². The van der Waals surface area contributed by atoms with E-state index >= 15 is 0 Å². The van der Waals surface area contributed by atoms with E-state index in [9.17, 15) is 14.4 Å². The average Bonchev–Trinajstić information content (AvgIpc) is 3.08. The quantitative estimate of drug-likeness (QED) is 0.789. The highest BCUT2D eigenvalue weighted by atomic mass is 32.2. The fourth-order valence-corrected chi connectivity index (χ4v) is 3.85. The van der Waals surface area contributed by atoms with Crippen LogP contribution in [-0.2, 0) is 19.1 Å². The largest absolute Gasteiger partial charge is 0.465 e. The summed E-state index contributed by atoms with van der Waals surface area (Å²) in [5, 5.41) is 6.25. The van der Waals surface area contributed by atoms with Crippen LogP contribution in [0, 0.1) is 0 Å². The van der Waals surface area contributed by atoms with Crippen molar-refractivity contribution in [2.75, 3.05) is 25.4 Å². The first-order chi connectivity index (χ1) is 10.1. The number of thiophene rings is 1. The van der Waals surface area contributed by atoms with Crippen LogP contribution in [0.1, 0.15) is 17.9 Å². The number of carbonyl (C=O) groups is 3.